The van der Waals surface area contributed by atoms with Crippen LogP contribution >= 0.6 is 0 Å². The Morgan fingerprint density at radius 1 is 1.18 bits per heavy atom. The number of benzene rings is 1. The van der Waals surface area contributed by atoms with Gasteiger partial charge >= 0.3 is 0 Å². The van der Waals surface area contributed by atoms with Crippen LogP contribution in [0, 0.1) is 5.92 Å². The molecule has 2 atom stereocenters. The molecule has 92 valence electrons. The number of hydrogen-bond acceptors (Lipinski definition) is 0. The van der Waals surface area contributed by atoms with Crippen LogP contribution in [0.25, 0.3) is 0 Å². The van der Waals surface area contributed by atoms with E-state index in [0.29, 0.717) is 0 Å². The average molecular weight is 232 g/mol. The number of quaternary nitrogens is 2. The fourth-order valence-corrected chi connectivity index (χ4v) is 3.76. The molecule has 0 bridgehead atoms. The summed E-state index contributed by atoms with van der Waals surface area (Å²) < 4.78 is 0. The summed E-state index contributed by atoms with van der Waals surface area (Å²) in [6.07, 6.45) is 4.06. The lowest BCUT2D eigenvalue weighted by Crippen LogP contribution is -3.11. The Bertz CT molecular complexity index is 382. The zero-order valence-corrected chi connectivity index (χ0v) is 10.8. The van der Waals surface area contributed by atoms with Crippen molar-refractivity contribution in [2.45, 2.75) is 25.3 Å². The van der Waals surface area contributed by atoms with Crippen LogP contribution in [-0.4, -0.2) is 26.7 Å². The third-order valence-electron chi connectivity index (χ3n) is 4.66. The molecular formula is C15H24N2+2. The van der Waals surface area contributed by atoms with Crippen molar-refractivity contribution in [1.29, 1.82) is 0 Å². The second kappa shape index (κ2) is 4.79. The van der Waals surface area contributed by atoms with E-state index >= 15 is 0 Å². The molecule has 0 radical (unpaired) electrons. The van der Waals surface area contributed by atoms with Gasteiger partial charge in [0.05, 0.1) is 26.7 Å². The van der Waals surface area contributed by atoms with E-state index in [4.69, 9.17) is 0 Å². The predicted octanol–water partition coefficient (Wildman–Crippen LogP) is -0.228. The van der Waals surface area contributed by atoms with Gasteiger partial charge in [0.1, 0.15) is 6.04 Å². The first-order chi connectivity index (χ1) is 8.36. The molecule has 17 heavy (non-hydrogen) atoms. The first kappa shape index (κ1) is 11.2. The van der Waals surface area contributed by atoms with Gasteiger partial charge in [0.25, 0.3) is 0 Å². The van der Waals surface area contributed by atoms with Gasteiger partial charge in [0.15, 0.2) is 0 Å². The Labute approximate surface area is 104 Å². The van der Waals surface area contributed by atoms with Gasteiger partial charge in [-0.3, -0.25) is 0 Å². The quantitative estimate of drug-likeness (QED) is 0.668. The van der Waals surface area contributed by atoms with Crippen molar-refractivity contribution < 1.29 is 10.2 Å². The van der Waals surface area contributed by atoms with Crippen LogP contribution in [0.3, 0.4) is 0 Å². The van der Waals surface area contributed by atoms with Crippen molar-refractivity contribution in [2.75, 3.05) is 26.7 Å². The highest BCUT2D eigenvalue weighted by molar-refractivity contribution is 5.30. The molecule has 2 aliphatic heterocycles. The largest absolute Gasteiger partial charge is 0.346 e. The number of nitrogens with one attached hydrogen (secondary N) is 1. The number of rotatable bonds is 1. The summed E-state index contributed by atoms with van der Waals surface area (Å²) in [7, 11) is 2.39. The standard InChI is InChI=1S/C15H22N2/c1-17-11-8-12-4-2-3-5-14(12)15(17)13-6-9-16-10-7-13/h2-5,13,15-16H,6-11H2,1H3/p+2/t15-/m0/s1. The van der Waals surface area contributed by atoms with Crippen molar-refractivity contribution in [3.05, 3.63) is 35.4 Å². The summed E-state index contributed by atoms with van der Waals surface area (Å²) in [6, 6.07) is 9.89. The minimum absolute atomic E-state index is 0.758. The molecular weight excluding hydrogens is 208 g/mol. The van der Waals surface area contributed by atoms with E-state index in [0.717, 1.165) is 12.0 Å². The topological polar surface area (TPSA) is 21.1 Å². The summed E-state index contributed by atoms with van der Waals surface area (Å²) in [5.41, 5.74) is 3.25. The highest BCUT2D eigenvalue weighted by Crippen LogP contribution is 2.29. The van der Waals surface area contributed by atoms with Gasteiger partial charge in [-0.2, -0.15) is 0 Å². The van der Waals surface area contributed by atoms with Crippen LogP contribution in [0.4, 0.5) is 0 Å². The van der Waals surface area contributed by atoms with E-state index in [1.807, 2.05) is 0 Å². The molecule has 2 heteroatoms. The summed E-state index contributed by atoms with van der Waals surface area (Å²) in [5, 5.41) is 2.47. The zero-order chi connectivity index (χ0) is 11.7. The van der Waals surface area contributed by atoms with Gasteiger partial charge in [-0.15, -0.1) is 0 Å². The van der Waals surface area contributed by atoms with Gasteiger partial charge in [-0.1, -0.05) is 24.3 Å². The Morgan fingerprint density at radius 2 is 1.94 bits per heavy atom. The molecule has 2 aliphatic rings. The van der Waals surface area contributed by atoms with Crippen LogP contribution in [-0.2, 0) is 6.42 Å². The van der Waals surface area contributed by atoms with Gasteiger partial charge in [0.2, 0.25) is 0 Å². The van der Waals surface area contributed by atoms with Gasteiger partial charge in [0, 0.05) is 30.7 Å². The number of hydrogen-bond donors (Lipinski definition) is 2. The molecule has 0 aliphatic carbocycles. The monoisotopic (exact) mass is 232 g/mol. The second-order valence-corrected chi connectivity index (χ2v) is 5.73. The average Bonchev–Trinajstić information content (AvgIpc) is 2.39. The smallest absolute Gasteiger partial charge is 0.116 e. The molecule has 1 aromatic carbocycles. The van der Waals surface area contributed by atoms with E-state index in [1.165, 1.54) is 38.9 Å². The lowest BCUT2D eigenvalue weighted by Gasteiger charge is -2.37. The summed E-state index contributed by atoms with van der Waals surface area (Å²) in [5.74, 6) is 0.904. The molecule has 0 saturated carbocycles. The molecule has 3 rings (SSSR count). The molecule has 3 N–H and O–H groups in total. The molecule has 1 aromatic rings. The lowest BCUT2D eigenvalue weighted by molar-refractivity contribution is -0.920. The number of nitrogens with two attached hydrogens (primary N) is 1. The highest BCUT2D eigenvalue weighted by atomic mass is 15.1. The molecule has 1 fully saturated rings. The SMILES string of the molecule is C[NH+]1CCc2ccccc2[C@@H]1C1CC[NH2+]CC1. The summed E-state index contributed by atoms with van der Waals surface area (Å²) in [6.45, 7) is 3.97. The van der Waals surface area contributed by atoms with Gasteiger partial charge in [-0.25, -0.2) is 0 Å². The molecule has 1 saturated heterocycles. The van der Waals surface area contributed by atoms with E-state index in [-0.39, 0.29) is 0 Å². The maximum absolute atomic E-state index is 2.47. The lowest BCUT2D eigenvalue weighted by atomic mass is 9.81. The van der Waals surface area contributed by atoms with Crippen molar-refractivity contribution in [3.8, 4) is 0 Å². The summed E-state index contributed by atoms with van der Waals surface area (Å²) >= 11 is 0. The molecule has 2 nitrogen and oxygen atoms in total. The minimum Gasteiger partial charge on any atom is -0.346 e. The Hall–Kier alpha value is -0.860. The highest BCUT2D eigenvalue weighted by Gasteiger charge is 2.36. The van der Waals surface area contributed by atoms with Crippen LogP contribution in [0.5, 0.6) is 0 Å². The summed E-state index contributed by atoms with van der Waals surface area (Å²) in [4.78, 5) is 1.73. The fourth-order valence-electron chi connectivity index (χ4n) is 3.76. The van der Waals surface area contributed by atoms with Gasteiger partial charge < -0.3 is 10.2 Å². The van der Waals surface area contributed by atoms with E-state index in [2.05, 4.69) is 36.6 Å². The normalized spacial score (nSPS) is 29.9. The van der Waals surface area contributed by atoms with Crippen LogP contribution < -0.4 is 10.2 Å². The van der Waals surface area contributed by atoms with Gasteiger partial charge in [-0.05, 0) is 5.56 Å². The van der Waals surface area contributed by atoms with E-state index in [9.17, 15) is 0 Å². The predicted molar refractivity (Wildman–Crippen MR) is 69.0 cm³/mol. The Morgan fingerprint density at radius 3 is 2.76 bits per heavy atom. The van der Waals surface area contributed by atoms with Crippen molar-refractivity contribution in [2.24, 2.45) is 5.92 Å². The van der Waals surface area contributed by atoms with Crippen molar-refractivity contribution >= 4 is 0 Å². The van der Waals surface area contributed by atoms with Crippen LogP contribution in [0.2, 0.25) is 0 Å². The third-order valence-corrected chi connectivity index (χ3v) is 4.66. The van der Waals surface area contributed by atoms with Crippen molar-refractivity contribution in [1.82, 2.24) is 0 Å². The zero-order valence-electron chi connectivity index (χ0n) is 10.8. The van der Waals surface area contributed by atoms with Crippen LogP contribution in [0.1, 0.15) is 30.0 Å². The van der Waals surface area contributed by atoms with E-state index < -0.39 is 0 Å². The fraction of sp³-hybridized carbons (Fsp3) is 0.600. The maximum Gasteiger partial charge on any atom is 0.116 e. The minimum atomic E-state index is 0.758. The molecule has 0 aromatic heterocycles. The number of fused-ring (bicyclic) bond motifs is 1. The molecule has 2 heterocycles. The van der Waals surface area contributed by atoms with E-state index in [1.54, 1.807) is 16.0 Å². The van der Waals surface area contributed by atoms with Crippen LogP contribution in [0.15, 0.2) is 24.3 Å². The maximum atomic E-state index is 2.47. The molecule has 0 spiro atoms. The number of likely N-dealkylation sites (N-methyl/N-ethyl adjacent to an activating group) is 1. The first-order valence-electron chi connectivity index (χ1n) is 7.08. The number of piperidine rings is 1. The Balaban J connectivity index is 1.91. The molecule has 0 amide bonds. The third kappa shape index (κ3) is 2.12. The van der Waals surface area contributed by atoms with Crippen molar-refractivity contribution in [3.63, 3.8) is 0 Å². The second-order valence-electron chi connectivity index (χ2n) is 5.73. The Kier molecular flexibility index (Phi) is 3.17. The molecule has 1 unspecified atom stereocenters. The first-order valence-corrected chi connectivity index (χ1v) is 7.08.